The van der Waals surface area contributed by atoms with Crippen LogP contribution in [0.15, 0.2) is 36.6 Å². The maximum absolute atomic E-state index is 11.4. The van der Waals surface area contributed by atoms with Gasteiger partial charge in [-0.15, -0.1) is 0 Å². The standard InChI is InChI=1S/C41H72N2O2/c1-27(2)20-32(26-38(11,12)42)45-29(4)41(17,28(3)21-31-24-39(13,14)43-40(15,16)25-31)19-18-30-22-33(36(5,6)7)35(44)34(23-30)37(8,9)10/h22-23,27,31-32,43-44H,3-4,18-21,24-26,42H2,1-2,5-17H3. The first-order valence-corrected chi connectivity index (χ1v) is 17.5. The molecule has 1 saturated heterocycles. The lowest BCUT2D eigenvalue weighted by Crippen LogP contribution is -2.57. The van der Waals surface area contributed by atoms with E-state index in [1.54, 1.807) is 0 Å². The SMILES string of the molecule is C=C(CC1CC(C)(C)NC(C)(C)C1)C(C)(CCc1cc(C(C)(C)C)c(O)c(C(C)(C)C)c1)C(=C)OC(CC(C)C)CC(C)(C)N. The second kappa shape index (κ2) is 13.8. The molecule has 0 aromatic heterocycles. The van der Waals surface area contributed by atoms with Crippen molar-refractivity contribution in [2.45, 2.75) is 182 Å². The van der Waals surface area contributed by atoms with Crippen molar-refractivity contribution in [1.29, 1.82) is 0 Å². The Kier molecular flexibility index (Phi) is 12.0. The molecule has 0 bridgehead atoms. The summed E-state index contributed by atoms with van der Waals surface area (Å²) in [4.78, 5) is 0. The van der Waals surface area contributed by atoms with Crippen LogP contribution in [0.5, 0.6) is 5.75 Å². The molecule has 2 unspecified atom stereocenters. The lowest BCUT2D eigenvalue weighted by atomic mass is 9.68. The molecule has 4 nitrogen and oxygen atoms in total. The zero-order valence-corrected chi connectivity index (χ0v) is 32.2. The molecule has 258 valence electrons. The maximum Gasteiger partial charge on any atom is 0.123 e. The fourth-order valence-corrected chi connectivity index (χ4v) is 7.76. The van der Waals surface area contributed by atoms with Gasteiger partial charge in [0.25, 0.3) is 0 Å². The first kappa shape index (κ1) is 39.4. The summed E-state index contributed by atoms with van der Waals surface area (Å²) >= 11 is 0. The van der Waals surface area contributed by atoms with Gasteiger partial charge in [-0.1, -0.05) is 86.3 Å². The van der Waals surface area contributed by atoms with Crippen molar-refractivity contribution in [3.8, 4) is 5.75 Å². The van der Waals surface area contributed by atoms with Crippen LogP contribution >= 0.6 is 0 Å². The van der Waals surface area contributed by atoms with Gasteiger partial charge in [0.1, 0.15) is 11.9 Å². The number of benzene rings is 1. The molecule has 1 fully saturated rings. The smallest absolute Gasteiger partial charge is 0.123 e. The Hall–Kier alpha value is -1.78. The minimum Gasteiger partial charge on any atom is -0.507 e. The Labute approximate surface area is 279 Å². The zero-order chi connectivity index (χ0) is 35.0. The number of hydrogen-bond donors (Lipinski definition) is 3. The molecule has 1 heterocycles. The molecular weight excluding hydrogens is 552 g/mol. The van der Waals surface area contributed by atoms with Crippen molar-refractivity contribution in [3.05, 3.63) is 53.3 Å². The van der Waals surface area contributed by atoms with E-state index in [2.05, 4.69) is 128 Å². The maximum atomic E-state index is 11.4. The zero-order valence-electron chi connectivity index (χ0n) is 32.2. The van der Waals surface area contributed by atoms with E-state index in [9.17, 15) is 5.11 Å². The number of allylic oxidation sites excluding steroid dienone is 1. The molecule has 0 saturated carbocycles. The molecule has 2 atom stereocenters. The first-order chi connectivity index (χ1) is 20.0. The summed E-state index contributed by atoms with van der Waals surface area (Å²) in [6, 6.07) is 4.43. The average Bonchev–Trinajstić information content (AvgIpc) is 2.77. The lowest BCUT2D eigenvalue weighted by molar-refractivity contribution is 0.0407. The highest BCUT2D eigenvalue weighted by Gasteiger charge is 2.41. The number of piperidine rings is 1. The van der Waals surface area contributed by atoms with E-state index in [1.807, 2.05) is 0 Å². The molecular formula is C41H72N2O2. The van der Waals surface area contributed by atoms with E-state index >= 15 is 0 Å². The Morgan fingerprint density at radius 1 is 0.933 bits per heavy atom. The summed E-state index contributed by atoms with van der Waals surface area (Å²) in [5.41, 5.74) is 10.0. The highest BCUT2D eigenvalue weighted by Crippen LogP contribution is 2.47. The third-order valence-corrected chi connectivity index (χ3v) is 9.70. The normalized spacial score (nSPS) is 19.7. The number of phenolic OH excluding ortho intramolecular Hbond substituents is 1. The van der Waals surface area contributed by atoms with Gasteiger partial charge >= 0.3 is 0 Å². The number of ether oxygens (including phenoxy) is 1. The van der Waals surface area contributed by atoms with Gasteiger partial charge in [0.2, 0.25) is 0 Å². The predicted octanol–water partition coefficient (Wildman–Crippen LogP) is 10.5. The number of nitrogens with one attached hydrogen (secondary N) is 1. The van der Waals surface area contributed by atoms with E-state index in [0.717, 1.165) is 61.8 Å². The second-order valence-corrected chi connectivity index (χ2v) is 19.3. The Bertz CT molecular complexity index is 1110. The molecule has 1 aliphatic rings. The third-order valence-electron chi connectivity index (χ3n) is 9.70. The number of phenols is 1. The summed E-state index contributed by atoms with van der Waals surface area (Å²) in [6.07, 6.45) is 6.53. The van der Waals surface area contributed by atoms with Gasteiger partial charge in [-0.05, 0) is 126 Å². The number of nitrogens with two attached hydrogens (primary N) is 1. The van der Waals surface area contributed by atoms with Crippen molar-refractivity contribution in [2.24, 2.45) is 23.0 Å². The van der Waals surface area contributed by atoms with E-state index in [4.69, 9.17) is 17.0 Å². The van der Waals surface area contributed by atoms with Crippen LogP contribution in [0.2, 0.25) is 0 Å². The van der Waals surface area contributed by atoms with Gasteiger partial charge < -0.3 is 20.9 Å². The van der Waals surface area contributed by atoms with Gasteiger partial charge in [0.05, 0.1) is 5.76 Å². The molecule has 0 amide bonds. The summed E-state index contributed by atoms with van der Waals surface area (Å²) in [7, 11) is 0. The molecule has 0 radical (unpaired) electrons. The second-order valence-electron chi connectivity index (χ2n) is 19.3. The number of aryl methyl sites for hydroxylation is 1. The minimum atomic E-state index is -0.422. The van der Waals surface area contributed by atoms with E-state index < -0.39 is 5.41 Å². The summed E-state index contributed by atoms with van der Waals surface area (Å²) in [5.74, 6) is 2.25. The van der Waals surface area contributed by atoms with Gasteiger partial charge in [0.15, 0.2) is 0 Å². The van der Waals surface area contributed by atoms with Crippen molar-refractivity contribution in [2.75, 3.05) is 0 Å². The largest absolute Gasteiger partial charge is 0.507 e. The van der Waals surface area contributed by atoms with Crippen LogP contribution in [0, 0.1) is 17.3 Å². The number of hydrogen-bond acceptors (Lipinski definition) is 4. The molecule has 4 N–H and O–H groups in total. The number of aromatic hydroxyl groups is 1. The quantitative estimate of drug-likeness (QED) is 0.151. The van der Waals surface area contributed by atoms with Gasteiger partial charge in [-0.3, -0.25) is 0 Å². The molecule has 1 aromatic rings. The lowest BCUT2D eigenvalue weighted by Gasteiger charge is -2.48. The molecule has 0 spiro atoms. The molecule has 2 rings (SSSR count). The average molecular weight is 625 g/mol. The van der Waals surface area contributed by atoms with E-state index in [0.29, 0.717) is 17.6 Å². The Morgan fingerprint density at radius 3 is 1.80 bits per heavy atom. The van der Waals surface area contributed by atoms with Crippen LogP contribution in [0.4, 0.5) is 0 Å². The van der Waals surface area contributed by atoms with Crippen LogP contribution in [-0.2, 0) is 22.0 Å². The number of rotatable bonds is 13. The Balaban J connectivity index is 2.54. The summed E-state index contributed by atoms with van der Waals surface area (Å²) in [5, 5.41) is 15.2. The van der Waals surface area contributed by atoms with Crippen LogP contribution in [0.25, 0.3) is 0 Å². The van der Waals surface area contributed by atoms with Crippen molar-refractivity contribution in [3.63, 3.8) is 0 Å². The van der Waals surface area contributed by atoms with E-state index in [1.165, 1.54) is 11.1 Å². The van der Waals surface area contributed by atoms with Crippen molar-refractivity contribution < 1.29 is 9.84 Å². The van der Waals surface area contributed by atoms with Crippen LogP contribution in [0.3, 0.4) is 0 Å². The van der Waals surface area contributed by atoms with Crippen LogP contribution in [-0.4, -0.2) is 27.8 Å². The first-order valence-electron chi connectivity index (χ1n) is 17.5. The van der Waals surface area contributed by atoms with Crippen LogP contribution in [0.1, 0.15) is 159 Å². The Morgan fingerprint density at radius 2 is 1.40 bits per heavy atom. The third kappa shape index (κ3) is 11.5. The topological polar surface area (TPSA) is 67.5 Å². The molecule has 1 aliphatic heterocycles. The van der Waals surface area contributed by atoms with Crippen molar-refractivity contribution in [1.82, 2.24) is 5.32 Å². The van der Waals surface area contributed by atoms with Crippen molar-refractivity contribution >= 4 is 0 Å². The van der Waals surface area contributed by atoms with E-state index in [-0.39, 0.29) is 33.6 Å². The van der Waals surface area contributed by atoms with Gasteiger partial charge in [0, 0.05) is 28.5 Å². The minimum absolute atomic E-state index is 0.00460. The fraction of sp³-hybridized carbons (Fsp3) is 0.756. The van der Waals surface area contributed by atoms with Gasteiger partial charge in [-0.25, -0.2) is 0 Å². The highest BCUT2D eigenvalue weighted by molar-refractivity contribution is 5.50. The van der Waals surface area contributed by atoms with Gasteiger partial charge in [-0.2, -0.15) is 0 Å². The molecule has 45 heavy (non-hydrogen) atoms. The molecule has 0 aliphatic carbocycles. The monoisotopic (exact) mass is 625 g/mol. The molecule has 4 heteroatoms. The highest BCUT2D eigenvalue weighted by atomic mass is 16.5. The van der Waals surface area contributed by atoms with Crippen LogP contribution < -0.4 is 11.1 Å². The summed E-state index contributed by atoms with van der Waals surface area (Å²) in [6.45, 7) is 42.7. The predicted molar refractivity (Wildman–Crippen MR) is 196 cm³/mol. The fourth-order valence-electron chi connectivity index (χ4n) is 7.76. The summed E-state index contributed by atoms with van der Waals surface area (Å²) < 4.78 is 6.87. The molecule has 1 aromatic carbocycles.